The summed E-state index contributed by atoms with van der Waals surface area (Å²) in [5.74, 6) is 15.7. The lowest BCUT2D eigenvalue weighted by atomic mass is 10.2. The van der Waals surface area contributed by atoms with Crippen molar-refractivity contribution < 1.29 is 5.11 Å². The van der Waals surface area contributed by atoms with E-state index in [-0.39, 0.29) is 0 Å². The van der Waals surface area contributed by atoms with Gasteiger partial charge in [0, 0.05) is 5.56 Å². The first-order chi connectivity index (χ1) is 7.29. The van der Waals surface area contributed by atoms with Crippen LogP contribution in [0.25, 0.3) is 0 Å². The largest absolute Gasteiger partial charge is 0.381 e. The third kappa shape index (κ3) is 5.22. The van der Waals surface area contributed by atoms with Crippen molar-refractivity contribution in [1.82, 2.24) is 0 Å². The lowest BCUT2D eigenvalue weighted by Gasteiger charge is -1.83. The highest BCUT2D eigenvalue weighted by molar-refractivity contribution is 5.42. The monoisotopic (exact) mass is 194 g/mol. The zero-order valence-corrected chi connectivity index (χ0v) is 8.41. The fourth-order valence-corrected chi connectivity index (χ4v) is 0.828. The van der Waals surface area contributed by atoms with Crippen LogP contribution in [-0.2, 0) is 0 Å². The van der Waals surface area contributed by atoms with Crippen molar-refractivity contribution in [2.24, 2.45) is 0 Å². The first kappa shape index (κ1) is 10.9. The second kappa shape index (κ2) is 6.33. The van der Waals surface area contributed by atoms with Crippen LogP contribution in [0.4, 0.5) is 0 Å². The molecular weight excluding hydrogens is 184 g/mol. The molecule has 1 unspecified atom stereocenters. The quantitative estimate of drug-likeness (QED) is 0.619. The summed E-state index contributed by atoms with van der Waals surface area (Å²) in [6, 6.07) is 9.60. The van der Waals surface area contributed by atoms with Gasteiger partial charge in [-0.25, -0.2) is 0 Å². The molecule has 0 aliphatic carbocycles. The van der Waals surface area contributed by atoms with E-state index in [9.17, 15) is 0 Å². The SMILES string of the molecule is CC(O)C#CC#CC#Cc1ccccc1. The standard InChI is InChI=1S/C14H10O/c1-13(15)9-5-2-3-6-10-14-11-7-4-8-12-14/h4,7-8,11-13,15H,1H3. The van der Waals surface area contributed by atoms with Gasteiger partial charge in [-0.1, -0.05) is 30.0 Å². The summed E-state index contributed by atoms with van der Waals surface area (Å²) in [7, 11) is 0. The third-order valence-electron chi connectivity index (χ3n) is 1.45. The Labute approximate surface area is 90.1 Å². The predicted octanol–water partition coefficient (Wildman–Crippen LogP) is 1.43. The van der Waals surface area contributed by atoms with Crippen molar-refractivity contribution >= 4 is 0 Å². The Kier molecular flexibility index (Phi) is 4.62. The summed E-state index contributed by atoms with van der Waals surface area (Å²) in [6.45, 7) is 1.59. The van der Waals surface area contributed by atoms with Gasteiger partial charge in [0.15, 0.2) is 0 Å². The van der Waals surface area contributed by atoms with Crippen LogP contribution in [0.2, 0.25) is 0 Å². The molecule has 1 aromatic rings. The number of rotatable bonds is 0. The molecule has 0 fully saturated rings. The summed E-state index contributed by atoms with van der Waals surface area (Å²) < 4.78 is 0. The van der Waals surface area contributed by atoms with Gasteiger partial charge in [-0.15, -0.1) is 0 Å². The van der Waals surface area contributed by atoms with Gasteiger partial charge < -0.3 is 5.11 Å². The first-order valence-corrected chi connectivity index (χ1v) is 4.53. The Hall–Kier alpha value is -2.14. The van der Waals surface area contributed by atoms with Crippen molar-refractivity contribution in [3.8, 4) is 35.5 Å². The average Bonchev–Trinajstić information content (AvgIpc) is 2.24. The molecule has 1 rings (SSSR count). The molecule has 0 radical (unpaired) electrons. The van der Waals surface area contributed by atoms with Crippen molar-refractivity contribution in [2.45, 2.75) is 13.0 Å². The maximum atomic E-state index is 8.81. The minimum Gasteiger partial charge on any atom is -0.381 e. The van der Waals surface area contributed by atoms with Gasteiger partial charge in [0.2, 0.25) is 0 Å². The van der Waals surface area contributed by atoms with Crippen LogP contribution in [0.3, 0.4) is 0 Å². The van der Waals surface area contributed by atoms with E-state index < -0.39 is 6.10 Å². The fourth-order valence-electron chi connectivity index (χ4n) is 0.828. The highest BCUT2D eigenvalue weighted by atomic mass is 16.3. The molecule has 1 aromatic carbocycles. The van der Waals surface area contributed by atoms with Gasteiger partial charge in [0.1, 0.15) is 6.10 Å². The van der Waals surface area contributed by atoms with Gasteiger partial charge in [0.05, 0.1) is 0 Å². The van der Waals surface area contributed by atoms with Gasteiger partial charge in [0.25, 0.3) is 0 Å². The average molecular weight is 194 g/mol. The molecule has 0 bridgehead atoms. The molecular formula is C14H10O. The van der Waals surface area contributed by atoms with E-state index in [1.165, 1.54) is 0 Å². The molecule has 15 heavy (non-hydrogen) atoms. The molecule has 1 atom stereocenters. The Morgan fingerprint density at radius 1 is 1.00 bits per heavy atom. The molecule has 1 N–H and O–H groups in total. The van der Waals surface area contributed by atoms with Crippen LogP contribution in [0, 0.1) is 35.5 Å². The minimum atomic E-state index is -0.638. The van der Waals surface area contributed by atoms with Crippen LogP contribution < -0.4 is 0 Å². The summed E-state index contributed by atoms with van der Waals surface area (Å²) >= 11 is 0. The van der Waals surface area contributed by atoms with Crippen molar-refractivity contribution in [3.63, 3.8) is 0 Å². The maximum absolute atomic E-state index is 8.81. The Morgan fingerprint density at radius 2 is 1.67 bits per heavy atom. The zero-order valence-electron chi connectivity index (χ0n) is 8.41. The van der Waals surface area contributed by atoms with Crippen LogP contribution >= 0.6 is 0 Å². The van der Waals surface area contributed by atoms with E-state index in [2.05, 4.69) is 35.5 Å². The van der Waals surface area contributed by atoms with Crippen LogP contribution in [0.1, 0.15) is 12.5 Å². The molecule has 0 aromatic heterocycles. The second-order valence-electron chi connectivity index (χ2n) is 2.81. The number of benzene rings is 1. The topological polar surface area (TPSA) is 20.2 Å². The first-order valence-electron chi connectivity index (χ1n) is 4.53. The van der Waals surface area contributed by atoms with E-state index in [0.717, 1.165) is 5.56 Å². The highest BCUT2D eigenvalue weighted by Gasteiger charge is 1.79. The molecule has 72 valence electrons. The summed E-state index contributed by atoms with van der Waals surface area (Å²) in [5.41, 5.74) is 0.926. The number of aliphatic hydroxyl groups excluding tert-OH is 1. The Balaban J connectivity index is 2.59. The predicted molar refractivity (Wildman–Crippen MR) is 60.6 cm³/mol. The molecule has 0 spiro atoms. The van der Waals surface area contributed by atoms with E-state index in [4.69, 9.17) is 5.11 Å². The fraction of sp³-hybridized carbons (Fsp3) is 0.143. The number of hydrogen-bond acceptors (Lipinski definition) is 1. The lowest BCUT2D eigenvalue weighted by Crippen LogP contribution is -1.91. The summed E-state index contributed by atoms with van der Waals surface area (Å²) in [4.78, 5) is 0. The molecule has 0 amide bonds. The maximum Gasteiger partial charge on any atom is 0.112 e. The minimum absolute atomic E-state index is 0.638. The number of hydrogen-bond donors (Lipinski definition) is 1. The molecule has 0 saturated heterocycles. The molecule has 1 heteroatoms. The summed E-state index contributed by atoms with van der Waals surface area (Å²) in [6.07, 6.45) is -0.638. The molecule has 0 aliphatic heterocycles. The lowest BCUT2D eigenvalue weighted by molar-refractivity contribution is 0.253. The third-order valence-corrected chi connectivity index (χ3v) is 1.45. The van der Waals surface area contributed by atoms with Crippen LogP contribution in [-0.4, -0.2) is 11.2 Å². The Morgan fingerprint density at radius 3 is 2.33 bits per heavy atom. The van der Waals surface area contributed by atoms with Gasteiger partial charge in [-0.3, -0.25) is 0 Å². The van der Waals surface area contributed by atoms with Crippen molar-refractivity contribution in [1.29, 1.82) is 0 Å². The molecule has 0 saturated carbocycles. The highest BCUT2D eigenvalue weighted by Crippen LogP contribution is 1.93. The van der Waals surface area contributed by atoms with Crippen LogP contribution in [0.15, 0.2) is 30.3 Å². The smallest absolute Gasteiger partial charge is 0.112 e. The van der Waals surface area contributed by atoms with Gasteiger partial charge in [-0.2, -0.15) is 0 Å². The van der Waals surface area contributed by atoms with E-state index >= 15 is 0 Å². The second-order valence-corrected chi connectivity index (χ2v) is 2.81. The van der Waals surface area contributed by atoms with Gasteiger partial charge >= 0.3 is 0 Å². The van der Waals surface area contributed by atoms with Crippen molar-refractivity contribution in [3.05, 3.63) is 35.9 Å². The van der Waals surface area contributed by atoms with Gasteiger partial charge in [-0.05, 0) is 42.7 Å². The van der Waals surface area contributed by atoms with E-state index in [0.29, 0.717) is 0 Å². The molecule has 0 heterocycles. The molecule has 1 nitrogen and oxygen atoms in total. The normalized spacial score (nSPS) is 9.47. The zero-order chi connectivity index (χ0) is 10.9. The van der Waals surface area contributed by atoms with Crippen LogP contribution in [0.5, 0.6) is 0 Å². The van der Waals surface area contributed by atoms with E-state index in [1.807, 2.05) is 30.3 Å². The molecule has 0 aliphatic rings. The number of aliphatic hydroxyl groups is 1. The Bertz CT molecular complexity index is 479. The van der Waals surface area contributed by atoms with Crippen molar-refractivity contribution in [2.75, 3.05) is 0 Å². The van der Waals surface area contributed by atoms with E-state index in [1.54, 1.807) is 6.92 Å². The summed E-state index contributed by atoms with van der Waals surface area (Å²) in [5, 5.41) is 8.81.